The number of ether oxygens (including phenoxy) is 1. The highest BCUT2D eigenvalue weighted by Crippen LogP contribution is 2.12. The van der Waals surface area contributed by atoms with Crippen molar-refractivity contribution in [2.75, 3.05) is 23.8 Å². The van der Waals surface area contributed by atoms with Crippen LogP contribution >= 0.6 is 0 Å². The number of hydrogen-bond donors (Lipinski definition) is 2. The smallest absolute Gasteiger partial charge is 0.323 e. The summed E-state index contributed by atoms with van der Waals surface area (Å²) in [5, 5.41) is 6.09. The molecular formula is C14H18FN5O. The van der Waals surface area contributed by atoms with E-state index in [2.05, 4.69) is 25.6 Å². The molecular weight excluding hydrogens is 273 g/mol. The van der Waals surface area contributed by atoms with Crippen LogP contribution in [0.25, 0.3) is 0 Å². The summed E-state index contributed by atoms with van der Waals surface area (Å²) < 4.78 is 18.2. The van der Waals surface area contributed by atoms with E-state index in [-0.39, 0.29) is 11.8 Å². The molecule has 0 amide bonds. The van der Waals surface area contributed by atoms with Crippen LogP contribution in [0.3, 0.4) is 0 Å². The quantitative estimate of drug-likeness (QED) is 0.816. The molecule has 0 saturated carbocycles. The lowest BCUT2D eigenvalue weighted by atomic mass is 10.2. The van der Waals surface area contributed by atoms with Gasteiger partial charge in [0.1, 0.15) is 5.82 Å². The number of rotatable bonds is 7. The first-order valence-corrected chi connectivity index (χ1v) is 6.82. The molecule has 2 aromatic rings. The Morgan fingerprint density at radius 1 is 1.00 bits per heavy atom. The van der Waals surface area contributed by atoms with Crippen LogP contribution in [0.15, 0.2) is 24.3 Å². The molecule has 0 fully saturated rings. The van der Waals surface area contributed by atoms with Crippen LogP contribution in [-0.4, -0.2) is 28.1 Å². The highest BCUT2D eigenvalue weighted by Gasteiger charge is 2.06. The predicted molar refractivity (Wildman–Crippen MR) is 78.9 cm³/mol. The van der Waals surface area contributed by atoms with E-state index in [9.17, 15) is 4.39 Å². The maximum atomic E-state index is 12.8. The molecule has 0 unspecified atom stereocenters. The molecule has 2 N–H and O–H groups in total. The second kappa shape index (κ2) is 7.37. The van der Waals surface area contributed by atoms with Gasteiger partial charge in [0.15, 0.2) is 0 Å². The Morgan fingerprint density at radius 2 is 1.67 bits per heavy atom. The molecule has 21 heavy (non-hydrogen) atoms. The van der Waals surface area contributed by atoms with Gasteiger partial charge in [-0.3, -0.25) is 0 Å². The highest BCUT2D eigenvalue weighted by atomic mass is 19.1. The minimum absolute atomic E-state index is 0.257. The van der Waals surface area contributed by atoms with Gasteiger partial charge >= 0.3 is 6.01 Å². The Kier molecular flexibility index (Phi) is 5.25. The van der Waals surface area contributed by atoms with Crippen molar-refractivity contribution in [3.63, 3.8) is 0 Å². The molecule has 0 aliphatic heterocycles. The summed E-state index contributed by atoms with van der Waals surface area (Å²) in [6, 6.07) is 6.52. The molecule has 112 valence electrons. The van der Waals surface area contributed by atoms with E-state index in [1.807, 2.05) is 13.8 Å². The molecule has 0 bridgehead atoms. The number of anilines is 2. The van der Waals surface area contributed by atoms with E-state index in [4.69, 9.17) is 4.74 Å². The van der Waals surface area contributed by atoms with Gasteiger partial charge in [-0.05, 0) is 31.5 Å². The van der Waals surface area contributed by atoms with Gasteiger partial charge in [-0.2, -0.15) is 15.0 Å². The van der Waals surface area contributed by atoms with Gasteiger partial charge in [-0.15, -0.1) is 0 Å². The van der Waals surface area contributed by atoms with E-state index in [0.717, 1.165) is 5.56 Å². The predicted octanol–water partition coefficient (Wildman–Crippen LogP) is 2.45. The summed E-state index contributed by atoms with van der Waals surface area (Å²) in [7, 11) is 0. The summed E-state index contributed by atoms with van der Waals surface area (Å²) >= 11 is 0. The Hall–Kier alpha value is -2.44. The minimum atomic E-state index is -0.257. The topological polar surface area (TPSA) is 72.0 Å². The van der Waals surface area contributed by atoms with E-state index in [0.29, 0.717) is 31.6 Å². The van der Waals surface area contributed by atoms with Crippen LogP contribution in [0.5, 0.6) is 6.01 Å². The third kappa shape index (κ3) is 4.55. The van der Waals surface area contributed by atoms with Gasteiger partial charge < -0.3 is 15.4 Å². The summed E-state index contributed by atoms with van der Waals surface area (Å²) in [6.07, 6.45) is 0. The van der Waals surface area contributed by atoms with Gasteiger partial charge in [-0.25, -0.2) is 4.39 Å². The molecule has 0 saturated heterocycles. The first-order chi connectivity index (χ1) is 10.2. The van der Waals surface area contributed by atoms with Crippen molar-refractivity contribution in [2.45, 2.75) is 20.4 Å². The van der Waals surface area contributed by atoms with E-state index in [1.165, 1.54) is 12.1 Å². The number of benzene rings is 1. The van der Waals surface area contributed by atoms with Crippen LogP contribution in [-0.2, 0) is 6.54 Å². The summed E-state index contributed by atoms with van der Waals surface area (Å²) in [5.41, 5.74) is 0.930. The number of nitrogens with one attached hydrogen (secondary N) is 2. The number of halogens is 1. The molecule has 2 rings (SSSR count). The number of hydrogen-bond acceptors (Lipinski definition) is 6. The lowest BCUT2D eigenvalue weighted by Gasteiger charge is -2.09. The fourth-order valence-electron chi connectivity index (χ4n) is 1.65. The van der Waals surface area contributed by atoms with Crippen molar-refractivity contribution in [2.24, 2.45) is 0 Å². The number of nitrogens with zero attached hydrogens (tertiary/aromatic N) is 3. The molecule has 1 aromatic carbocycles. The Bertz CT molecular complexity index is 552. The second-order valence-corrected chi connectivity index (χ2v) is 4.21. The van der Waals surface area contributed by atoms with Crippen molar-refractivity contribution in [3.05, 3.63) is 35.6 Å². The lowest BCUT2D eigenvalue weighted by molar-refractivity contribution is 0.312. The summed E-state index contributed by atoms with van der Waals surface area (Å²) in [5.74, 6) is 0.609. The average molecular weight is 291 g/mol. The standard InChI is InChI=1S/C14H18FN5O/c1-3-16-12-18-13(20-14(19-12)21-4-2)17-9-10-5-7-11(15)8-6-10/h5-8H,3-4,9H2,1-2H3,(H2,16,17,18,19,20). The zero-order chi connectivity index (χ0) is 15.1. The average Bonchev–Trinajstić information content (AvgIpc) is 2.47. The molecule has 0 aliphatic carbocycles. The molecule has 0 radical (unpaired) electrons. The van der Waals surface area contributed by atoms with Crippen molar-refractivity contribution >= 4 is 11.9 Å². The van der Waals surface area contributed by atoms with Gasteiger partial charge in [0.05, 0.1) is 6.61 Å². The van der Waals surface area contributed by atoms with Crippen LogP contribution in [0, 0.1) is 5.82 Å². The monoisotopic (exact) mass is 291 g/mol. The second-order valence-electron chi connectivity index (χ2n) is 4.21. The molecule has 0 atom stereocenters. The minimum Gasteiger partial charge on any atom is -0.464 e. The van der Waals surface area contributed by atoms with E-state index in [1.54, 1.807) is 12.1 Å². The van der Waals surface area contributed by atoms with Gasteiger partial charge in [0.2, 0.25) is 11.9 Å². The molecule has 0 spiro atoms. The summed E-state index contributed by atoms with van der Waals surface area (Å²) in [6.45, 7) is 5.49. The zero-order valence-corrected chi connectivity index (χ0v) is 12.1. The van der Waals surface area contributed by atoms with Crippen LogP contribution < -0.4 is 15.4 Å². The molecule has 6 nitrogen and oxygen atoms in total. The molecule has 1 aromatic heterocycles. The van der Waals surface area contributed by atoms with Crippen LogP contribution in [0.4, 0.5) is 16.3 Å². The van der Waals surface area contributed by atoms with Crippen molar-refractivity contribution < 1.29 is 9.13 Å². The van der Waals surface area contributed by atoms with E-state index < -0.39 is 0 Å². The van der Waals surface area contributed by atoms with Crippen molar-refractivity contribution in [3.8, 4) is 6.01 Å². The van der Waals surface area contributed by atoms with Crippen LogP contribution in [0.1, 0.15) is 19.4 Å². The van der Waals surface area contributed by atoms with E-state index >= 15 is 0 Å². The Labute approximate surface area is 122 Å². The van der Waals surface area contributed by atoms with Gasteiger partial charge in [-0.1, -0.05) is 12.1 Å². The maximum absolute atomic E-state index is 12.8. The summed E-state index contributed by atoms with van der Waals surface area (Å²) in [4.78, 5) is 12.5. The number of aromatic nitrogens is 3. The van der Waals surface area contributed by atoms with Crippen molar-refractivity contribution in [1.29, 1.82) is 0 Å². The largest absolute Gasteiger partial charge is 0.464 e. The molecule has 1 heterocycles. The Balaban J connectivity index is 2.08. The third-order valence-corrected chi connectivity index (χ3v) is 2.59. The maximum Gasteiger partial charge on any atom is 0.323 e. The van der Waals surface area contributed by atoms with Gasteiger partial charge in [0, 0.05) is 13.1 Å². The fourth-order valence-corrected chi connectivity index (χ4v) is 1.65. The Morgan fingerprint density at radius 3 is 2.29 bits per heavy atom. The molecule has 0 aliphatic rings. The first kappa shape index (κ1) is 15.0. The van der Waals surface area contributed by atoms with Crippen molar-refractivity contribution in [1.82, 2.24) is 15.0 Å². The highest BCUT2D eigenvalue weighted by molar-refractivity contribution is 5.36. The first-order valence-electron chi connectivity index (χ1n) is 6.82. The van der Waals surface area contributed by atoms with Gasteiger partial charge in [0.25, 0.3) is 0 Å². The SMILES string of the molecule is CCNc1nc(NCc2ccc(F)cc2)nc(OCC)n1. The zero-order valence-electron chi connectivity index (χ0n) is 12.1. The molecule has 7 heteroatoms. The fraction of sp³-hybridized carbons (Fsp3) is 0.357. The van der Waals surface area contributed by atoms with Crippen LogP contribution in [0.2, 0.25) is 0 Å². The lowest BCUT2D eigenvalue weighted by Crippen LogP contribution is -2.10. The third-order valence-electron chi connectivity index (χ3n) is 2.59. The normalized spacial score (nSPS) is 10.2.